The van der Waals surface area contributed by atoms with Gasteiger partial charge in [-0.1, -0.05) is 19.8 Å². The smallest absolute Gasteiger partial charge is 0.417 e. The molecule has 0 aromatic heterocycles. The van der Waals surface area contributed by atoms with Crippen LogP contribution in [0.15, 0.2) is 18.2 Å². The van der Waals surface area contributed by atoms with Gasteiger partial charge < -0.3 is 9.84 Å². The summed E-state index contributed by atoms with van der Waals surface area (Å²) in [4.78, 5) is 0. The number of aliphatic hydroxyl groups excluding tert-OH is 1. The largest absolute Gasteiger partial charge is 0.493 e. The summed E-state index contributed by atoms with van der Waals surface area (Å²) in [5.74, 6) is -0.0848. The zero-order valence-electron chi connectivity index (χ0n) is 12.7. The number of halogens is 3. The molecule has 1 aromatic carbocycles. The normalized spacial score (nSPS) is 14.2. The number of ether oxygens (including phenoxy) is 1. The van der Waals surface area contributed by atoms with E-state index < -0.39 is 23.4 Å². The molecule has 122 valence electrons. The van der Waals surface area contributed by atoms with Crippen LogP contribution >= 0.6 is 0 Å². The first-order chi connectivity index (χ1) is 10.3. The lowest BCUT2D eigenvalue weighted by Crippen LogP contribution is -2.24. The van der Waals surface area contributed by atoms with Crippen molar-refractivity contribution in [3.8, 4) is 11.8 Å². The molecule has 3 nitrogen and oxygen atoms in total. The highest BCUT2D eigenvalue weighted by atomic mass is 19.4. The van der Waals surface area contributed by atoms with Crippen molar-refractivity contribution in [2.75, 3.05) is 6.61 Å². The first-order valence-corrected chi connectivity index (χ1v) is 7.21. The number of hydrogen-bond acceptors (Lipinski definition) is 3. The maximum absolute atomic E-state index is 12.9. The number of rotatable bonds is 7. The van der Waals surface area contributed by atoms with Gasteiger partial charge in [0, 0.05) is 5.92 Å². The van der Waals surface area contributed by atoms with E-state index in [9.17, 15) is 18.3 Å². The second-order valence-electron chi connectivity index (χ2n) is 5.27. The molecule has 0 bridgehead atoms. The summed E-state index contributed by atoms with van der Waals surface area (Å²) in [6, 6.07) is 4.79. The van der Waals surface area contributed by atoms with Crippen LogP contribution in [-0.2, 0) is 6.18 Å². The van der Waals surface area contributed by atoms with Crippen molar-refractivity contribution in [2.45, 2.75) is 45.4 Å². The van der Waals surface area contributed by atoms with Gasteiger partial charge in [0.2, 0.25) is 0 Å². The minimum Gasteiger partial charge on any atom is -0.493 e. The van der Waals surface area contributed by atoms with Gasteiger partial charge in [0.1, 0.15) is 5.75 Å². The Morgan fingerprint density at radius 3 is 2.55 bits per heavy atom. The van der Waals surface area contributed by atoms with Gasteiger partial charge >= 0.3 is 6.18 Å². The van der Waals surface area contributed by atoms with Crippen LogP contribution in [0.3, 0.4) is 0 Å². The summed E-state index contributed by atoms with van der Waals surface area (Å²) in [5.41, 5.74) is -1.44. The molecular formula is C16H20F3NO2. The topological polar surface area (TPSA) is 53.2 Å². The van der Waals surface area contributed by atoms with Crippen LogP contribution in [0.2, 0.25) is 0 Å². The fraction of sp³-hybridized carbons (Fsp3) is 0.562. The molecule has 0 spiro atoms. The van der Waals surface area contributed by atoms with Crippen molar-refractivity contribution in [2.24, 2.45) is 5.92 Å². The van der Waals surface area contributed by atoms with Gasteiger partial charge in [0.15, 0.2) is 0 Å². The van der Waals surface area contributed by atoms with E-state index in [0.717, 1.165) is 31.4 Å². The minimum absolute atomic E-state index is 0.0495. The lowest BCUT2D eigenvalue weighted by atomic mass is 9.98. The lowest BCUT2D eigenvalue weighted by molar-refractivity contribution is -0.137. The first kappa shape index (κ1) is 18.3. The average molecular weight is 315 g/mol. The zero-order valence-corrected chi connectivity index (χ0v) is 12.7. The number of aliphatic hydroxyl groups is 1. The summed E-state index contributed by atoms with van der Waals surface area (Å²) in [6.07, 6.45) is -2.56. The summed E-state index contributed by atoms with van der Waals surface area (Å²) in [5, 5.41) is 18.4. The Labute approximate surface area is 128 Å². The Hall–Kier alpha value is -1.74. The van der Waals surface area contributed by atoms with Crippen LogP contribution in [0, 0.1) is 17.2 Å². The second-order valence-corrected chi connectivity index (χ2v) is 5.27. The van der Waals surface area contributed by atoms with Crippen LogP contribution in [0.5, 0.6) is 5.75 Å². The van der Waals surface area contributed by atoms with Crippen LogP contribution in [0.1, 0.15) is 44.2 Å². The van der Waals surface area contributed by atoms with Crippen molar-refractivity contribution < 1.29 is 23.0 Å². The minimum atomic E-state index is -4.60. The lowest BCUT2D eigenvalue weighted by Gasteiger charge is -2.20. The molecule has 2 unspecified atom stereocenters. The van der Waals surface area contributed by atoms with Gasteiger partial charge in [-0.3, -0.25) is 0 Å². The van der Waals surface area contributed by atoms with E-state index >= 15 is 0 Å². The quantitative estimate of drug-likeness (QED) is 0.822. The van der Waals surface area contributed by atoms with E-state index in [1.165, 1.54) is 12.1 Å². The van der Waals surface area contributed by atoms with E-state index in [1.807, 2.05) is 6.92 Å². The highest BCUT2D eigenvalue weighted by molar-refractivity contribution is 5.44. The molecule has 0 aliphatic heterocycles. The number of alkyl halides is 3. The number of benzene rings is 1. The Morgan fingerprint density at radius 2 is 2.05 bits per heavy atom. The molecule has 0 aliphatic carbocycles. The molecular weight excluding hydrogens is 295 g/mol. The molecule has 2 atom stereocenters. The van der Waals surface area contributed by atoms with E-state index in [0.29, 0.717) is 0 Å². The van der Waals surface area contributed by atoms with Crippen LogP contribution in [-0.4, -0.2) is 17.8 Å². The second kappa shape index (κ2) is 8.04. The fourth-order valence-corrected chi connectivity index (χ4v) is 2.08. The van der Waals surface area contributed by atoms with Gasteiger partial charge in [0.05, 0.1) is 29.9 Å². The molecule has 1 rings (SSSR count). The predicted molar refractivity (Wildman–Crippen MR) is 76.3 cm³/mol. The highest BCUT2D eigenvalue weighted by Crippen LogP contribution is 2.34. The van der Waals surface area contributed by atoms with E-state index in [2.05, 4.69) is 0 Å². The van der Waals surface area contributed by atoms with Crippen LogP contribution in [0.4, 0.5) is 13.2 Å². The third-order valence-corrected chi connectivity index (χ3v) is 3.49. The number of hydrogen-bond donors (Lipinski definition) is 1. The average Bonchev–Trinajstić information content (AvgIpc) is 2.45. The number of unbranched alkanes of at least 4 members (excludes halogenated alkanes) is 1. The Bertz CT molecular complexity index is 521. The maximum Gasteiger partial charge on any atom is 0.417 e. The van der Waals surface area contributed by atoms with E-state index in [1.54, 1.807) is 6.92 Å². The Kier molecular flexibility index (Phi) is 6.69. The standard InChI is InChI=1S/C16H20F3NO2/c1-3-4-5-13(11(2)21)10-22-14-7-6-12(9-20)15(8-14)16(17,18)19/h6-8,11,13,21H,3-5,10H2,1-2H3. The third kappa shape index (κ3) is 5.23. The Balaban J connectivity index is 2.84. The van der Waals surface area contributed by atoms with Gasteiger partial charge in [-0.2, -0.15) is 18.4 Å². The van der Waals surface area contributed by atoms with Crippen LogP contribution in [0.25, 0.3) is 0 Å². The third-order valence-electron chi connectivity index (χ3n) is 3.49. The molecule has 22 heavy (non-hydrogen) atoms. The molecule has 0 fully saturated rings. The molecule has 0 radical (unpaired) electrons. The highest BCUT2D eigenvalue weighted by Gasteiger charge is 2.34. The SMILES string of the molecule is CCCCC(COc1ccc(C#N)c(C(F)(F)F)c1)C(C)O. The number of nitriles is 1. The molecule has 1 N–H and O–H groups in total. The fourth-order valence-electron chi connectivity index (χ4n) is 2.08. The molecule has 1 aromatic rings. The van der Waals surface area contributed by atoms with Crippen molar-refractivity contribution in [3.05, 3.63) is 29.3 Å². The van der Waals surface area contributed by atoms with Gasteiger partial charge in [-0.25, -0.2) is 0 Å². The molecule has 0 aliphatic rings. The van der Waals surface area contributed by atoms with Crippen molar-refractivity contribution >= 4 is 0 Å². The van der Waals surface area contributed by atoms with Gasteiger partial charge in [0.25, 0.3) is 0 Å². The van der Waals surface area contributed by atoms with Gasteiger partial charge in [-0.05, 0) is 31.5 Å². The van der Waals surface area contributed by atoms with Crippen molar-refractivity contribution in [3.63, 3.8) is 0 Å². The molecule has 6 heteroatoms. The molecule has 0 saturated carbocycles. The summed E-state index contributed by atoms with van der Waals surface area (Å²) in [7, 11) is 0. The van der Waals surface area contributed by atoms with Crippen LogP contribution < -0.4 is 4.74 Å². The zero-order chi connectivity index (χ0) is 16.8. The van der Waals surface area contributed by atoms with E-state index in [4.69, 9.17) is 10.00 Å². The van der Waals surface area contributed by atoms with Gasteiger partial charge in [-0.15, -0.1) is 0 Å². The summed E-state index contributed by atoms with van der Waals surface area (Å²) in [6.45, 7) is 3.81. The van der Waals surface area contributed by atoms with E-state index in [-0.39, 0.29) is 18.3 Å². The maximum atomic E-state index is 12.9. The molecule has 0 saturated heterocycles. The van der Waals surface area contributed by atoms with Crippen molar-refractivity contribution in [1.29, 1.82) is 5.26 Å². The summed E-state index contributed by atoms with van der Waals surface area (Å²) >= 11 is 0. The molecule has 0 heterocycles. The Morgan fingerprint density at radius 1 is 1.36 bits per heavy atom. The first-order valence-electron chi connectivity index (χ1n) is 7.21. The monoisotopic (exact) mass is 315 g/mol. The summed E-state index contributed by atoms with van der Waals surface area (Å²) < 4.78 is 44.0. The molecule has 0 amide bonds. The van der Waals surface area contributed by atoms with Crippen molar-refractivity contribution in [1.82, 2.24) is 0 Å². The predicted octanol–water partition coefficient (Wildman–Crippen LogP) is 4.14. The number of nitrogens with zero attached hydrogens (tertiary/aromatic N) is 1.